The second kappa shape index (κ2) is 5.14. The fourth-order valence-electron chi connectivity index (χ4n) is 2.68. The molecule has 1 fully saturated rings. The average Bonchev–Trinajstić information content (AvgIpc) is 2.81. The molecule has 1 heterocycles. The lowest BCUT2D eigenvalue weighted by Crippen LogP contribution is -2.40. The minimum absolute atomic E-state index is 0.0209. The molecule has 2 aliphatic rings. The number of fused-ring (bicyclic) bond motifs is 1. The topological polar surface area (TPSA) is 73.6 Å². The summed E-state index contributed by atoms with van der Waals surface area (Å²) in [4.78, 5) is 12.1. The zero-order chi connectivity index (χ0) is 14.2. The van der Waals surface area contributed by atoms with Gasteiger partial charge in [0, 0.05) is 18.6 Å². The lowest BCUT2D eigenvalue weighted by molar-refractivity contribution is -0.119. The Kier molecular flexibility index (Phi) is 3.48. The Morgan fingerprint density at radius 1 is 1.35 bits per heavy atom. The third-order valence-corrected chi connectivity index (χ3v) is 4.43. The van der Waals surface area contributed by atoms with Gasteiger partial charge in [0.25, 0.3) is 0 Å². The number of halogens is 1. The van der Waals surface area contributed by atoms with Crippen LogP contribution in [-0.4, -0.2) is 19.2 Å². The number of hydrogen-bond donors (Lipinski definition) is 2. The number of hydrogen-bond acceptors (Lipinski definition) is 4. The highest BCUT2D eigenvalue weighted by Crippen LogP contribution is 2.44. The van der Waals surface area contributed by atoms with Gasteiger partial charge < -0.3 is 20.5 Å². The van der Waals surface area contributed by atoms with Crippen molar-refractivity contribution in [2.24, 2.45) is 11.1 Å². The summed E-state index contributed by atoms with van der Waals surface area (Å²) in [5.74, 6) is 1.14. The number of ether oxygens (including phenoxy) is 2. The fourth-order valence-corrected chi connectivity index (χ4v) is 2.88. The molecule has 108 valence electrons. The molecule has 5 nitrogen and oxygen atoms in total. The van der Waals surface area contributed by atoms with E-state index in [4.69, 9.17) is 26.8 Å². The molecule has 0 unspecified atom stereocenters. The van der Waals surface area contributed by atoms with E-state index in [2.05, 4.69) is 5.32 Å². The molecule has 6 heteroatoms. The third-order valence-electron chi connectivity index (χ3n) is 4.12. The molecule has 0 saturated heterocycles. The van der Waals surface area contributed by atoms with E-state index in [0.29, 0.717) is 35.2 Å². The summed E-state index contributed by atoms with van der Waals surface area (Å²) in [6, 6.07) is 3.35. The first kappa shape index (κ1) is 13.5. The van der Waals surface area contributed by atoms with Crippen LogP contribution in [-0.2, 0) is 4.79 Å². The van der Waals surface area contributed by atoms with Gasteiger partial charge in [-0.25, -0.2) is 0 Å². The number of carbonyl (C=O) groups is 1. The molecule has 1 amide bonds. The van der Waals surface area contributed by atoms with Crippen LogP contribution in [0.2, 0.25) is 5.02 Å². The van der Waals surface area contributed by atoms with Crippen molar-refractivity contribution in [3.8, 4) is 11.5 Å². The summed E-state index contributed by atoms with van der Waals surface area (Å²) in [6.45, 7) is 0.731. The molecule has 0 aromatic heterocycles. The lowest BCUT2D eigenvalue weighted by atomic mass is 9.66. The van der Waals surface area contributed by atoms with Crippen LogP contribution in [0.5, 0.6) is 11.5 Å². The second-order valence-corrected chi connectivity index (χ2v) is 5.88. The van der Waals surface area contributed by atoms with Crippen LogP contribution >= 0.6 is 11.6 Å². The van der Waals surface area contributed by atoms with Gasteiger partial charge in [-0.1, -0.05) is 18.0 Å². The monoisotopic (exact) mass is 296 g/mol. The van der Waals surface area contributed by atoms with Crippen molar-refractivity contribution in [3.05, 3.63) is 17.2 Å². The normalized spacial score (nSPS) is 18.5. The maximum atomic E-state index is 12.1. The third kappa shape index (κ3) is 2.43. The van der Waals surface area contributed by atoms with Crippen LogP contribution in [0.3, 0.4) is 0 Å². The first-order valence-corrected chi connectivity index (χ1v) is 7.09. The standard InChI is InChI=1S/C14H17ClN2O3/c15-9-4-11-12(20-8-19-11)5-10(9)17-13(18)6-14(7-16)2-1-3-14/h4-5H,1-3,6-8,16H2,(H,17,18). The van der Waals surface area contributed by atoms with Crippen molar-refractivity contribution >= 4 is 23.2 Å². The van der Waals surface area contributed by atoms with E-state index >= 15 is 0 Å². The molecule has 0 bridgehead atoms. The van der Waals surface area contributed by atoms with Gasteiger partial charge in [0.2, 0.25) is 12.7 Å². The minimum Gasteiger partial charge on any atom is -0.454 e. The molecule has 1 aliphatic heterocycles. The highest BCUT2D eigenvalue weighted by Gasteiger charge is 2.37. The molecule has 0 atom stereocenters. The summed E-state index contributed by atoms with van der Waals surface area (Å²) in [6.07, 6.45) is 3.63. The summed E-state index contributed by atoms with van der Waals surface area (Å²) >= 11 is 6.13. The van der Waals surface area contributed by atoms with Crippen molar-refractivity contribution in [1.82, 2.24) is 0 Å². The first-order valence-electron chi connectivity index (χ1n) is 6.71. The summed E-state index contributed by atoms with van der Waals surface area (Å²) < 4.78 is 10.5. The Morgan fingerprint density at radius 3 is 2.65 bits per heavy atom. The zero-order valence-electron chi connectivity index (χ0n) is 11.1. The maximum Gasteiger partial charge on any atom is 0.231 e. The van der Waals surface area contributed by atoms with Gasteiger partial charge in [-0.3, -0.25) is 4.79 Å². The van der Waals surface area contributed by atoms with Crippen LogP contribution in [0.1, 0.15) is 25.7 Å². The molecule has 0 radical (unpaired) electrons. The van der Waals surface area contributed by atoms with Crippen LogP contribution in [0.25, 0.3) is 0 Å². The van der Waals surface area contributed by atoms with Gasteiger partial charge >= 0.3 is 0 Å². The molecule has 0 spiro atoms. The Balaban J connectivity index is 1.70. The number of nitrogens with one attached hydrogen (secondary N) is 1. The second-order valence-electron chi connectivity index (χ2n) is 5.47. The Bertz CT molecular complexity index is 538. The van der Waals surface area contributed by atoms with Crippen LogP contribution in [0, 0.1) is 5.41 Å². The molecule has 1 aliphatic carbocycles. The molecular weight excluding hydrogens is 280 g/mol. The van der Waals surface area contributed by atoms with E-state index in [1.165, 1.54) is 0 Å². The number of amides is 1. The molecular formula is C14H17ClN2O3. The number of carbonyl (C=O) groups excluding carboxylic acids is 1. The number of nitrogens with two attached hydrogens (primary N) is 1. The summed E-state index contributed by atoms with van der Waals surface area (Å²) in [7, 11) is 0. The number of anilines is 1. The van der Waals surface area contributed by atoms with Crippen LogP contribution in [0.4, 0.5) is 5.69 Å². The van der Waals surface area contributed by atoms with E-state index in [9.17, 15) is 4.79 Å². The van der Waals surface area contributed by atoms with Gasteiger partial charge in [0.15, 0.2) is 11.5 Å². The predicted octanol–water partition coefficient (Wildman–Crippen LogP) is 2.53. The van der Waals surface area contributed by atoms with Crippen molar-refractivity contribution in [2.75, 3.05) is 18.7 Å². The smallest absolute Gasteiger partial charge is 0.231 e. The van der Waals surface area contributed by atoms with E-state index in [-0.39, 0.29) is 18.1 Å². The highest BCUT2D eigenvalue weighted by molar-refractivity contribution is 6.34. The highest BCUT2D eigenvalue weighted by atomic mass is 35.5. The molecule has 20 heavy (non-hydrogen) atoms. The maximum absolute atomic E-state index is 12.1. The molecule has 1 saturated carbocycles. The fraction of sp³-hybridized carbons (Fsp3) is 0.500. The Morgan fingerprint density at radius 2 is 2.05 bits per heavy atom. The largest absolute Gasteiger partial charge is 0.454 e. The summed E-state index contributed by atoms with van der Waals surface area (Å²) in [5.41, 5.74) is 6.30. The van der Waals surface area contributed by atoms with E-state index in [1.807, 2.05) is 0 Å². The molecule has 3 rings (SSSR count). The minimum atomic E-state index is -0.0593. The quantitative estimate of drug-likeness (QED) is 0.895. The lowest BCUT2D eigenvalue weighted by Gasteiger charge is -2.40. The molecule has 1 aromatic rings. The molecule has 3 N–H and O–H groups in total. The van der Waals surface area contributed by atoms with Crippen molar-refractivity contribution in [2.45, 2.75) is 25.7 Å². The van der Waals surface area contributed by atoms with Crippen molar-refractivity contribution in [3.63, 3.8) is 0 Å². The predicted molar refractivity (Wildman–Crippen MR) is 76.2 cm³/mol. The van der Waals surface area contributed by atoms with Crippen LogP contribution < -0.4 is 20.5 Å². The first-order chi connectivity index (χ1) is 9.62. The van der Waals surface area contributed by atoms with Gasteiger partial charge in [-0.2, -0.15) is 0 Å². The van der Waals surface area contributed by atoms with E-state index < -0.39 is 0 Å². The average molecular weight is 297 g/mol. The Hall–Kier alpha value is -1.46. The zero-order valence-corrected chi connectivity index (χ0v) is 11.8. The van der Waals surface area contributed by atoms with Crippen molar-refractivity contribution < 1.29 is 14.3 Å². The van der Waals surface area contributed by atoms with Gasteiger partial charge in [-0.05, 0) is 24.8 Å². The van der Waals surface area contributed by atoms with Crippen LogP contribution in [0.15, 0.2) is 12.1 Å². The van der Waals surface area contributed by atoms with Crippen molar-refractivity contribution in [1.29, 1.82) is 0 Å². The van der Waals surface area contributed by atoms with Gasteiger partial charge in [0.05, 0.1) is 10.7 Å². The van der Waals surface area contributed by atoms with Gasteiger partial charge in [-0.15, -0.1) is 0 Å². The SMILES string of the molecule is NCC1(CC(=O)Nc2cc3c(cc2Cl)OCO3)CCC1. The number of benzene rings is 1. The van der Waals surface area contributed by atoms with Gasteiger partial charge in [0.1, 0.15) is 0 Å². The Labute approximate surface area is 122 Å². The van der Waals surface area contributed by atoms with E-state index in [1.54, 1.807) is 12.1 Å². The summed E-state index contributed by atoms with van der Waals surface area (Å²) in [5, 5.41) is 3.28. The molecule has 1 aromatic carbocycles. The van der Waals surface area contributed by atoms with E-state index in [0.717, 1.165) is 19.3 Å². The number of rotatable bonds is 4.